The third kappa shape index (κ3) is 2.17. The molecule has 0 unspecified atom stereocenters. The van der Waals surface area contributed by atoms with Crippen molar-refractivity contribution in [1.82, 2.24) is 0 Å². The number of carbonyl (C=O) groups is 2. The lowest BCUT2D eigenvalue weighted by molar-refractivity contribution is -0.149. The number of Topliss-reactive ketones (excluding diaryl/α,β-unsaturated/α-hetero) is 1. The Balaban J connectivity index is 2.36. The van der Waals surface area contributed by atoms with Gasteiger partial charge in [-0.2, -0.15) is 0 Å². The fraction of sp³-hybridized carbons (Fsp3) is 0.714. The van der Waals surface area contributed by atoms with E-state index in [-0.39, 0.29) is 18.4 Å². The van der Waals surface area contributed by atoms with E-state index in [0.29, 0.717) is 12.8 Å². The number of hydrogen-bond acceptors (Lipinski definition) is 3. The van der Waals surface area contributed by atoms with E-state index in [0.717, 1.165) is 12.8 Å². The van der Waals surface area contributed by atoms with Crippen LogP contribution in [0.15, 0.2) is 0 Å². The number of carbonyl (C=O) groups excluding carboxylic acids is 2. The molecule has 56 valence electrons. The molecule has 3 heteroatoms. The van der Waals surface area contributed by atoms with Gasteiger partial charge in [0.2, 0.25) is 0 Å². The van der Waals surface area contributed by atoms with E-state index in [2.05, 4.69) is 4.74 Å². The molecule has 1 aliphatic heterocycles. The molecule has 0 N–H and O–H groups in total. The van der Waals surface area contributed by atoms with E-state index < -0.39 is 0 Å². The van der Waals surface area contributed by atoms with Gasteiger partial charge in [0.05, 0.1) is 0 Å². The van der Waals surface area contributed by atoms with Crippen LogP contribution in [0.1, 0.15) is 25.7 Å². The van der Waals surface area contributed by atoms with Gasteiger partial charge in [-0.05, 0) is 12.8 Å². The first-order valence-corrected chi connectivity index (χ1v) is 3.46. The molecule has 0 aromatic carbocycles. The molecule has 0 amide bonds. The third-order valence-corrected chi connectivity index (χ3v) is 1.48. The highest BCUT2D eigenvalue weighted by Gasteiger charge is 2.11. The Kier molecular flexibility index (Phi) is 2.42. The molecule has 10 heavy (non-hydrogen) atoms. The second kappa shape index (κ2) is 3.34. The van der Waals surface area contributed by atoms with Crippen molar-refractivity contribution in [3.05, 3.63) is 0 Å². The van der Waals surface area contributed by atoms with Crippen molar-refractivity contribution in [3.63, 3.8) is 0 Å². The van der Waals surface area contributed by atoms with Crippen LogP contribution in [0.3, 0.4) is 0 Å². The molecule has 0 aliphatic carbocycles. The zero-order valence-electron chi connectivity index (χ0n) is 5.76. The molecule has 0 aromatic rings. The Morgan fingerprint density at radius 1 is 1.10 bits per heavy atom. The van der Waals surface area contributed by atoms with Crippen LogP contribution in [0.5, 0.6) is 0 Å². The molecular weight excluding hydrogens is 132 g/mol. The highest BCUT2D eigenvalue weighted by Crippen LogP contribution is 2.05. The van der Waals surface area contributed by atoms with Crippen LogP contribution in [-0.4, -0.2) is 18.4 Å². The normalized spacial score (nSPS) is 21.2. The maximum Gasteiger partial charge on any atom is 0.306 e. The fourth-order valence-corrected chi connectivity index (χ4v) is 0.897. The van der Waals surface area contributed by atoms with Gasteiger partial charge in [-0.25, -0.2) is 0 Å². The lowest BCUT2D eigenvalue weighted by atomic mass is 10.1. The Bertz CT molecular complexity index is 133. The topological polar surface area (TPSA) is 43.4 Å². The molecule has 0 saturated carbocycles. The lowest BCUT2D eigenvalue weighted by Crippen LogP contribution is -2.16. The monoisotopic (exact) mass is 142 g/mol. The van der Waals surface area contributed by atoms with Gasteiger partial charge in [0.1, 0.15) is 6.61 Å². The third-order valence-electron chi connectivity index (χ3n) is 1.48. The number of ketones is 1. The van der Waals surface area contributed by atoms with Crippen molar-refractivity contribution in [2.24, 2.45) is 0 Å². The van der Waals surface area contributed by atoms with Crippen molar-refractivity contribution < 1.29 is 14.3 Å². The van der Waals surface area contributed by atoms with E-state index in [9.17, 15) is 9.59 Å². The molecule has 0 spiro atoms. The molecule has 3 nitrogen and oxygen atoms in total. The minimum absolute atomic E-state index is 0.0150. The fourth-order valence-electron chi connectivity index (χ4n) is 0.897. The van der Waals surface area contributed by atoms with E-state index >= 15 is 0 Å². The second-order valence-electron chi connectivity index (χ2n) is 2.41. The van der Waals surface area contributed by atoms with Crippen molar-refractivity contribution >= 4 is 11.8 Å². The number of ether oxygens (including phenoxy) is 1. The summed E-state index contributed by atoms with van der Waals surface area (Å²) in [5, 5.41) is 0. The molecule has 0 atom stereocenters. The van der Waals surface area contributed by atoms with Gasteiger partial charge in [-0.1, -0.05) is 0 Å². The summed E-state index contributed by atoms with van der Waals surface area (Å²) in [6.45, 7) is -0.0150. The van der Waals surface area contributed by atoms with Crippen LogP contribution in [-0.2, 0) is 14.3 Å². The smallest absolute Gasteiger partial charge is 0.306 e. The largest absolute Gasteiger partial charge is 0.458 e. The first-order chi connectivity index (χ1) is 4.79. The van der Waals surface area contributed by atoms with Crippen molar-refractivity contribution in [3.8, 4) is 0 Å². The molecule has 1 rings (SSSR count). The second-order valence-corrected chi connectivity index (χ2v) is 2.41. The number of cyclic esters (lactones) is 1. The Hall–Kier alpha value is -0.860. The summed E-state index contributed by atoms with van der Waals surface area (Å²) in [5.41, 5.74) is 0. The Labute approximate surface area is 59.4 Å². The summed E-state index contributed by atoms with van der Waals surface area (Å²) >= 11 is 0. The maximum atomic E-state index is 10.7. The van der Waals surface area contributed by atoms with Crippen LogP contribution >= 0.6 is 0 Å². The standard InChI is InChI=1S/C7H10O3/c8-6-3-1-2-4-7(9)10-5-6/h1-5H2. The summed E-state index contributed by atoms with van der Waals surface area (Å²) in [6.07, 6.45) is 2.64. The van der Waals surface area contributed by atoms with Crippen LogP contribution in [0.2, 0.25) is 0 Å². The maximum absolute atomic E-state index is 10.7. The first kappa shape index (κ1) is 7.25. The highest BCUT2D eigenvalue weighted by atomic mass is 16.5. The Morgan fingerprint density at radius 3 is 2.60 bits per heavy atom. The van der Waals surface area contributed by atoms with Crippen LogP contribution in [0, 0.1) is 0 Å². The van der Waals surface area contributed by atoms with Gasteiger partial charge in [0.25, 0.3) is 0 Å². The zero-order valence-corrected chi connectivity index (χ0v) is 5.76. The summed E-state index contributed by atoms with van der Waals surface area (Å²) in [5.74, 6) is -0.207. The van der Waals surface area contributed by atoms with Gasteiger partial charge >= 0.3 is 5.97 Å². The average molecular weight is 142 g/mol. The number of hydrogen-bond donors (Lipinski definition) is 0. The Morgan fingerprint density at radius 2 is 1.80 bits per heavy atom. The van der Waals surface area contributed by atoms with Crippen molar-refractivity contribution in [1.29, 1.82) is 0 Å². The summed E-state index contributed by atoms with van der Waals surface area (Å²) in [6, 6.07) is 0. The zero-order chi connectivity index (χ0) is 7.40. The van der Waals surface area contributed by atoms with E-state index in [1.165, 1.54) is 0 Å². The number of rotatable bonds is 0. The van der Waals surface area contributed by atoms with E-state index in [1.807, 2.05) is 0 Å². The van der Waals surface area contributed by atoms with Gasteiger partial charge in [0.15, 0.2) is 5.78 Å². The van der Waals surface area contributed by atoms with Crippen molar-refractivity contribution in [2.75, 3.05) is 6.61 Å². The minimum Gasteiger partial charge on any atom is -0.458 e. The molecule has 1 saturated heterocycles. The van der Waals surface area contributed by atoms with Gasteiger partial charge < -0.3 is 4.74 Å². The average Bonchev–Trinajstić information content (AvgIpc) is 1.90. The van der Waals surface area contributed by atoms with E-state index in [1.54, 1.807) is 0 Å². The molecule has 1 fully saturated rings. The van der Waals surface area contributed by atoms with Crippen LogP contribution in [0.25, 0.3) is 0 Å². The summed E-state index contributed by atoms with van der Waals surface area (Å²) in [4.78, 5) is 21.3. The van der Waals surface area contributed by atoms with Crippen LogP contribution < -0.4 is 0 Å². The van der Waals surface area contributed by atoms with E-state index in [4.69, 9.17) is 0 Å². The quantitative estimate of drug-likeness (QED) is 0.467. The molecule has 0 aromatic heterocycles. The van der Waals surface area contributed by atoms with Gasteiger partial charge in [-0.3, -0.25) is 9.59 Å². The minimum atomic E-state index is -0.243. The first-order valence-electron chi connectivity index (χ1n) is 3.46. The van der Waals surface area contributed by atoms with Crippen molar-refractivity contribution in [2.45, 2.75) is 25.7 Å². The molecule has 0 radical (unpaired) electrons. The summed E-state index contributed by atoms with van der Waals surface area (Å²) in [7, 11) is 0. The van der Waals surface area contributed by atoms with Crippen LogP contribution in [0.4, 0.5) is 0 Å². The molecule has 0 bridgehead atoms. The predicted molar refractivity (Wildman–Crippen MR) is 34.4 cm³/mol. The number of esters is 1. The summed E-state index contributed by atoms with van der Waals surface area (Å²) < 4.78 is 4.61. The predicted octanol–water partition coefficient (Wildman–Crippen LogP) is 0.673. The molecule has 1 heterocycles. The molecular formula is C7H10O3. The van der Waals surface area contributed by atoms with Gasteiger partial charge in [0, 0.05) is 12.8 Å². The molecule has 1 aliphatic rings. The SMILES string of the molecule is O=C1CCCCC(=O)OC1. The lowest BCUT2D eigenvalue weighted by Gasteiger charge is -2.07. The highest BCUT2D eigenvalue weighted by molar-refractivity contribution is 5.82. The van der Waals surface area contributed by atoms with Gasteiger partial charge in [-0.15, -0.1) is 0 Å².